The van der Waals surface area contributed by atoms with Gasteiger partial charge in [-0.2, -0.15) is 10.2 Å². The van der Waals surface area contributed by atoms with Gasteiger partial charge in [0.25, 0.3) is 0 Å². The van der Waals surface area contributed by atoms with Gasteiger partial charge in [0.1, 0.15) is 11.1 Å². The second-order valence-corrected chi connectivity index (χ2v) is 8.49. The molecule has 0 saturated carbocycles. The van der Waals surface area contributed by atoms with Crippen molar-refractivity contribution < 1.29 is 9.32 Å². The molecule has 1 aliphatic rings. The lowest BCUT2D eigenvalue weighted by molar-refractivity contribution is -0.116. The topological polar surface area (TPSA) is 91.8 Å². The third kappa shape index (κ3) is 4.50. The number of carbonyl (C=O) groups excluding carboxylic acids is 1. The number of halogens is 1. The van der Waals surface area contributed by atoms with E-state index < -0.39 is 0 Å². The number of carbonyl (C=O) groups is 1. The summed E-state index contributed by atoms with van der Waals surface area (Å²) in [6, 6.07) is 9.48. The van der Waals surface area contributed by atoms with E-state index in [4.69, 9.17) is 16.1 Å². The number of benzene rings is 1. The van der Waals surface area contributed by atoms with Crippen LogP contribution in [-0.4, -0.2) is 16.0 Å². The summed E-state index contributed by atoms with van der Waals surface area (Å²) in [6.07, 6.45) is 5.60. The summed E-state index contributed by atoms with van der Waals surface area (Å²) in [5.41, 5.74) is 2.59. The van der Waals surface area contributed by atoms with Crippen LogP contribution in [0.2, 0.25) is 5.02 Å². The third-order valence-corrected chi connectivity index (χ3v) is 6.36. The van der Waals surface area contributed by atoms with Crippen LogP contribution in [0.1, 0.15) is 47.6 Å². The fraction of sp³-hybridized carbons (Fsp3) is 0.333. The van der Waals surface area contributed by atoms with Crippen molar-refractivity contribution in [2.45, 2.75) is 44.9 Å². The number of nitrogens with zero attached hydrogens (tertiary/aromatic N) is 3. The Kier molecular flexibility index (Phi) is 5.93. The van der Waals surface area contributed by atoms with E-state index in [0.29, 0.717) is 46.6 Å². The van der Waals surface area contributed by atoms with Crippen molar-refractivity contribution in [2.75, 3.05) is 5.32 Å². The second kappa shape index (κ2) is 8.76. The summed E-state index contributed by atoms with van der Waals surface area (Å²) < 4.78 is 5.27. The van der Waals surface area contributed by atoms with Crippen molar-refractivity contribution in [3.8, 4) is 17.5 Å². The van der Waals surface area contributed by atoms with Crippen LogP contribution in [0.5, 0.6) is 0 Å². The lowest BCUT2D eigenvalue weighted by Gasteiger charge is -2.09. The number of aryl methyl sites for hydroxylation is 2. The molecular weight excluding hydrogens is 408 g/mol. The highest BCUT2D eigenvalue weighted by molar-refractivity contribution is 7.16. The molecule has 0 saturated heterocycles. The van der Waals surface area contributed by atoms with Crippen molar-refractivity contribution in [1.29, 1.82) is 5.26 Å². The largest absolute Gasteiger partial charge is 0.339 e. The van der Waals surface area contributed by atoms with E-state index in [9.17, 15) is 10.1 Å². The summed E-state index contributed by atoms with van der Waals surface area (Å²) in [7, 11) is 0. The predicted molar refractivity (Wildman–Crippen MR) is 112 cm³/mol. The van der Waals surface area contributed by atoms with E-state index in [1.54, 1.807) is 23.5 Å². The lowest BCUT2D eigenvalue weighted by Crippen LogP contribution is -2.11. The van der Waals surface area contributed by atoms with Crippen molar-refractivity contribution in [3.05, 3.63) is 51.2 Å². The van der Waals surface area contributed by atoms with Gasteiger partial charge in [-0.3, -0.25) is 4.79 Å². The molecule has 8 heteroatoms. The molecule has 1 aliphatic carbocycles. The average Bonchev–Trinajstić information content (AvgIpc) is 3.32. The summed E-state index contributed by atoms with van der Waals surface area (Å²) in [4.78, 5) is 18.0. The van der Waals surface area contributed by atoms with Crippen molar-refractivity contribution >= 4 is 33.8 Å². The molecule has 2 aromatic heterocycles. The number of nitrogens with one attached hydrogen (secondary N) is 1. The van der Waals surface area contributed by atoms with Gasteiger partial charge < -0.3 is 9.84 Å². The molecule has 0 unspecified atom stereocenters. The van der Waals surface area contributed by atoms with Crippen molar-refractivity contribution in [3.63, 3.8) is 0 Å². The van der Waals surface area contributed by atoms with Crippen LogP contribution in [0.3, 0.4) is 0 Å². The third-order valence-electron chi connectivity index (χ3n) is 4.90. The van der Waals surface area contributed by atoms with Gasteiger partial charge >= 0.3 is 0 Å². The smallest absolute Gasteiger partial charge is 0.226 e. The normalized spacial score (nSPS) is 13.0. The molecule has 6 nitrogen and oxygen atoms in total. The molecular formula is C21H19ClN4O2S. The Bertz CT molecular complexity index is 1070. The van der Waals surface area contributed by atoms with Crippen LogP contribution in [0.25, 0.3) is 11.4 Å². The van der Waals surface area contributed by atoms with Crippen LogP contribution < -0.4 is 5.32 Å². The van der Waals surface area contributed by atoms with Crippen LogP contribution in [0, 0.1) is 11.3 Å². The number of hydrogen-bond donors (Lipinski definition) is 1. The maximum absolute atomic E-state index is 12.3. The lowest BCUT2D eigenvalue weighted by atomic mass is 9.96. The number of amides is 1. The van der Waals surface area contributed by atoms with E-state index in [0.717, 1.165) is 36.8 Å². The molecule has 4 rings (SSSR count). The number of hydrogen-bond acceptors (Lipinski definition) is 6. The summed E-state index contributed by atoms with van der Waals surface area (Å²) >= 11 is 7.43. The first kappa shape index (κ1) is 19.6. The molecule has 0 spiro atoms. The van der Waals surface area contributed by atoms with Crippen LogP contribution >= 0.6 is 22.9 Å². The second-order valence-electron chi connectivity index (χ2n) is 6.95. The van der Waals surface area contributed by atoms with Gasteiger partial charge in [-0.1, -0.05) is 16.8 Å². The fourth-order valence-corrected chi connectivity index (χ4v) is 4.82. The number of thiophene rings is 1. The van der Waals surface area contributed by atoms with E-state index in [1.807, 2.05) is 12.1 Å². The summed E-state index contributed by atoms with van der Waals surface area (Å²) in [6.45, 7) is 0. The molecule has 1 amide bonds. The first-order valence-corrected chi connectivity index (χ1v) is 10.8. The quantitative estimate of drug-likeness (QED) is 0.587. The SMILES string of the molecule is N#Cc1c(NC(=O)CCCc2nc(-c3ccc(Cl)cc3)no2)sc2c1CCCC2. The van der Waals surface area contributed by atoms with E-state index in [2.05, 4.69) is 21.5 Å². The maximum Gasteiger partial charge on any atom is 0.226 e. The van der Waals surface area contributed by atoms with Gasteiger partial charge in [0.05, 0.1) is 5.56 Å². The fourth-order valence-electron chi connectivity index (χ4n) is 3.43. The number of rotatable bonds is 6. The molecule has 0 radical (unpaired) electrons. The zero-order chi connectivity index (χ0) is 20.2. The molecule has 0 atom stereocenters. The average molecular weight is 427 g/mol. The predicted octanol–water partition coefficient (Wildman–Crippen LogP) is 5.16. The Morgan fingerprint density at radius 3 is 2.86 bits per heavy atom. The molecule has 3 aromatic rings. The summed E-state index contributed by atoms with van der Waals surface area (Å²) in [5, 5.41) is 17.7. The number of aromatic nitrogens is 2. The van der Waals surface area contributed by atoms with Gasteiger partial charge in [0, 0.05) is 28.3 Å². The molecule has 1 aromatic carbocycles. The minimum absolute atomic E-state index is 0.0995. The van der Waals surface area contributed by atoms with Gasteiger partial charge in [0.2, 0.25) is 17.6 Å². The molecule has 29 heavy (non-hydrogen) atoms. The Balaban J connectivity index is 1.31. The van der Waals surface area contributed by atoms with Crippen LogP contribution in [0.4, 0.5) is 5.00 Å². The highest BCUT2D eigenvalue weighted by atomic mass is 35.5. The minimum atomic E-state index is -0.0995. The van der Waals surface area contributed by atoms with E-state index in [1.165, 1.54) is 4.88 Å². The van der Waals surface area contributed by atoms with Crippen molar-refractivity contribution in [1.82, 2.24) is 10.1 Å². The Hall–Kier alpha value is -2.69. The molecule has 2 heterocycles. The van der Waals surface area contributed by atoms with E-state index in [-0.39, 0.29) is 5.91 Å². The van der Waals surface area contributed by atoms with E-state index >= 15 is 0 Å². The van der Waals surface area contributed by atoms with Crippen LogP contribution in [-0.2, 0) is 24.1 Å². The zero-order valence-electron chi connectivity index (χ0n) is 15.7. The Morgan fingerprint density at radius 2 is 2.07 bits per heavy atom. The molecule has 1 N–H and O–H groups in total. The summed E-state index contributed by atoms with van der Waals surface area (Å²) in [5.74, 6) is 0.897. The number of anilines is 1. The minimum Gasteiger partial charge on any atom is -0.339 e. The molecule has 148 valence electrons. The monoisotopic (exact) mass is 426 g/mol. The molecule has 0 bridgehead atoms. The number of nitriles is 1. The number of fused-ring (bicyclic) bond motifs is 1. The highest BCUT2D eigenvalue weighted by Gasteiger charge is 2.21. The zero-order valence-corrected chi connectivity index (χ0v) is 17.3. The molecule has 0 fully saturated rings. The van der Waals surface area contributed by atoms with Gasteiger partial charge in [-0.05, 0) is 61.9 Å². The van der Waals surface area contributed by atoms with Gasteiger partial charge in [0.15, 0.2) is 0 Å². The first-order chi connectivity index (χ1) is 14.1. The standard InChI is InChI=1S/C21H19ClN4O2S/c22-14-10-8-13(9-11-14)20-25-19(28-26-20)7-3-6-18(27)24-21-16(12-23)15-4-1-2-5-17(15)29-21/h8-11H,1-7H2,(H,24,27). The maximum atomic E-state index is 12.3. The Labute approximate surface area is 177 Å². The highest BCUT2D eigenvalue weighted by Crippen LogP contribution is 2.37. The molecule has 0 aliphatic heterocycles. The van der Waals surface area contributed by atoms with Crippen LogP contribution in [0.15, 0.2) is 28.8 Å². The Morgan fingerprint density at radius 1 is 1.28 bits per heavy atom. The van der Waals surface area contributed by atoms with Crippen molar-refractivity contribution in [2.24, 2.45) is 0 Å². The first-order valence-electron chi connectivity index (χ1n) is 9.57. The van der Waals surface area contributed by atoms with Gasteiger partial charge in [-0.15, -0.1) is 11.3 Å². The van der Waals surface area contributed by atoms with Gasteiger partial charge in [-0.25, -0.2) is 0 Å².